The van der Waals surface area contributed by atoms with Gasteiger partial charge in [-0.3, -0.25) is 9.59 Å². The largest absolute Gasteiger partial charge is 0.356 e. The van der Waals surface area contributed by atoms with Crippen molar-refractivity contribution < 1.29 is 9.59 Å². The molecule has 0 bridgehead atoms. The van der Waals surface area contributed by atoms with E-state index in [1.165, 1.54) is 6.92 Å². The summed E-state index contributed by atoms with van der Waals surface area (Å²) in [7, 11) is 0. The lowest BCUT2D eigenvalue weighted by Gasteiger charge is -2.09. The maximum absolute atomic E-state index is 11.1. The molecule has 0 radical (unpaired) electrons. The van der Waals surface area contributed by atoms with E-state index in [0.717, 1.165) is 6.42 Å². The van der Waals surface area contributed by atoms with E-state index in [0.29, 0.717) is 13.0 Å². The summed E-state index contributed by atoms with van der Waals surface area (Å²) in [6, 6.07) is 0. The second-order valence-corrected chi connectivity index (χ2v) is 2.87. The minimum atomic E-state index is -0.100. The number of amides is 1. The molecule has 0 saturated carbocycles. The Morgan fingerprint density at radius 1 is 1.33 bits per heavy atom. The molecule has 0 aromatic rings. The smallest absolute Gasteiger partial charge is 0.220 e. The number of carbonyl (C=O) groups is 2. The molecule has 0 rings (SSSR count). The summed E-state index contributed by atoms with van der Waals surface area (Å²) in [6.45, 7) is 5.96. The number of hydrogen-bond donors (Lipinski definition) is 1. The van der Waals surface area contributed by atoms with Gasteiger partial charge in [0.2, 0.25) is 5.91 Å². The van der Waals surface area contributed by atoms with E-state index in [2.05, 4.69) is 5.32 Å². The van der Waals surface area contributed by atoms with Gasteiger partial charge in [-0.1, -0.05) is 6.92 Å². The van der Waals surface area contributed by atoms with Crippen molar-refractivity contribution in [3.63, 3.8) is 0 Å². The van der Waals surface area contributed by atoms with Crippen molar-refractivity contribution in [2.45, 2.75) is 33.6 Å². The van der Waals surface area contributed by atoms with Crippen LogP contribution >= 0.6 is 0 Å². The standard InChI is InChI=1S/C9H17NO2/c1-4-8(7(3)11)6-9(12)10-5-2/h8H,4-6H2,1-3H3,(H,10,12). The van der Waals surface area contributed by atoms with Crippen LogP contribution < -0.4 is 5.32 Å². The van der Waals surface area contributed by atoms with Crippen molar-refractivity contribution in [2.24, 2.45) is 5.92 Å². The summed E-state index contributed by atoms with van der Waals surface area (Å²) in [4.78, 5) is 22.0. The van der Waals surface area contributed by atoms with E-state index >= 15 is 0 Å². The summed E-state index contributed by atoms with van der Waals surface area (Å²) in [5, 5.41) is 2.67. The molecule has 1 amide bonds. The molecule has 0 aliphatic heterocycles. The molecule has 1 N–H and O–H groups in total. The van der Waals surface area contributed by atoms with Crippen LogP contribution in [0, 0.1) is 5.92 Å². The topological polar surface area (TPSA) is 46.2 Å². The van der Waals surface area contributed by atoms with Crippen molar-refractivity contribution in [1.82, 2.24) is 5.32 Å². The van der Waals surface area contributed by atoms with Crippen LogP contribution in [0.25, 0.3) is 0 Å². The summed E-state index contributed by atoms with van der Waals surface area (Å²) < 4.78 is 0. The second kappa shape index (κ2) is 5.75. The van der Waals surface area contributed by atoms with Gasteiger partial charge < -0.3 is 5.32 Å². The number of ketones is 1. The average Bonchev–Trinajstić information content (AvgIpc) is 2.00. The maximum atomic E-state index is 11.1. The fourth-order valence-electron chi connectivity index (χ4n) is 1.07. The SMILES string of the molecule is CCNC(=O)CC(CC)C(C)=O. The molecule has 3 heteroatoms. The molecule has 12 heavy (non-hydrogen) atoms. The van der Waals surface area contributed by atoms with Gasteiger partial charge in [-0.25, -0.2) is 0 Å². The lowest BCUT2D eigenvalue weighted by Crippen LogP contribution is -2.27. The molecule has 0 fully saturated rings. The third kappa shape index (κ3) is 4.11. The van der Waals surface area contributed by atoms with Gasteiger partial charge in [-0.15, -0.1) is 0 Å². The van der Waals surface area contributed by atoms with Gasteiger partial charge in [0.25, 0.3) is 0 Å². The highest BCUT2D eigenvalue weighted by atomic mass is 16.2. The Morgan fingerprint density at radius 3 is 2.25 bits per heavy atom. The fraction of sp³-hybridized carbons (Fsp3) is 0.778. The van der Waals surface area contributed by atoms with E-state index in [9.17, 15) is 9.59 Å². The predicted molar refractivity (Wildman–Crippen MR) is 47.8 cm³/mol. The van der Waals surface area contributed by atoms with Crippen LogP contribution in [0.4, 0.5) is 0 Å². The first-order chi connectivity index (χ1) is 5.61. The quantitative estimate of drug-likeness (QED) is 0.674. The summed E-state index contributed by atoms with van der Waals surface area (Å²) in [5.41, 5.74) is 0. The molecule has 0 heterocycles. The van der Waals surface area contributed by atoms with Crippen LogP contribution in [-0.4, -0.2) is 18.2 Å². The van der Waals surface area contributed by atoms with Crippen LogP contribution in [-0.2, 0) is 9.59 Å². The first-order valence-corrected chi connectivity index (χ1v) is 4.38. The van der Waals surface area contributed by atoms with Crippen molar-refractivity contribution in [3.05, 3.63) is 0 Å². The van der Waals surface area contributed by atoms with Gasteiger partial charge in [-0.2, -0.15) is 0 Å². The summed E-state index contributed by atoms with van der Waals surface area (Å²) in [6.07, 6.45) is 1.08. The zero-order valence-electron chi connectivity index (χ0n) is 8.02. The van der Waals surface area contributed by atoms with Crippen molar-refractivity contribution in [1.29, 1.82) is 0 Å². The van der Waals surface area contributed by atoms with Crippen molar-refractivity contribution >= 4 is 11.7 Å². The van der Waals surface area contributed by atoms with E-state index < -0.39 is 0 Å². The molecule has 0 spiro atoms. The summed E-state index contributed by atoms with van der Waals surface area (Å²) >= 11 is 0. The third-order valence-electron chi connectivity index (χ3n) is 1.87. The molecule has 0 saturated heterocycles. The van der Waals surface area contributed by atoms with Crippen LogP contribution in [0.1, 0.15) is 33.6 Å². The van der Waals surface area contributed by atoms with E-state index in [-0.39, 0.29) is 17.6 Å². The van der Waals surface area contributed by atoms with E-state index in [1.807, 2.05) is 13.8 Å². The Morgan fingerprint density at radius 2 is 1.92 bits per heavy atom. The van der Waals surface area contributed by atoms with Crippen LogP contribution in [0.15, 0.2) is 0 Å². The number of carbonyl (C=O) groups excluding carboxylic acids is 2. The van der Waals surface area contributed by atoms with Gasteiger partial charge in [0.15, 0.2) is 0 Å². The minimum absolute atomic E-state index is 0.0282. The number of rotatable bonds is 5. The fourth-order valence-corrected chi connectivity index (χ4v) is 1.07. The molecular formula is C9H17NO2. The Labute approximate surface area is 73.5 Å². The summed E-state index contributed by atoms with van der Waals surface area (Å²) in [5.74, 6) is -0.0279. The molecule has 0 aliphatic rings. The monoisotopic (exact) mass is 171 g/mol. The average molecular weight is 171 g/mol. The Balaban J connectivity index is 3.85. The van der Waals surface area contributed by atoms with Crippen LogP contribution in [0.5, 0.6) is 0 Å². The van der Waals surface area contributed by atoms with Gasteiger partial charge in [0, 0.05) is 18.9 Å². The van der Waals surface area contributed by atoms with Crippen LogP contribution in [0.2, 0.25) is 0 Å². The van der Waals surface area contributed by atoms with Gasteiger partial charge >= 0.3 is 0 Å². The zero-order valence-corrected chi connectivity index (χ0v) is 8.02. The van der Waals surface area contributed by atoms with E-state index in [1.54, 1.807) is 0 Å². The second-order valence-electron chi connectivity index (χ2n) is 2.87. The molecule has 3 nitrogen and oxygen atoms in total. The van der Waals surface area contributed by atoms with Gasteiger partial charge in [-0.05, 0) is 20.3 Å². The zero-order chi connectivity index (χ0) is 9.56. The van der Waals surface area contributed by atoms with Crippen LogP contribution in [0.3, 0.4) is 0 Å². The molecule has 0 aromatic carbocycles. The normalized spacial score (nSPS) is 12.2. The first kappa shape index (κ1) is 11.1. The Hall–Kier alpha value is -0.860. The molecule has 0 aromatic heterocycles. The van der Waals surface area contributed by atoms with Crippen molar-refractivity contribution in [3.8, 4) is 0 Å². The highest BCUT2D eigenvalue weighted by Crippen LogP contribution is 2.08. The van der Waals surface area contributed by atoms with Gasteiger partial charge in [0.1, 0.15) is 5.78 Å². The number of nitrogens with one attached hydrogen (secondary N) is 1. The third-order valence-corrected chi connectivity index (χ3v) is 1.87. The lowest BCUT2D eigenvalue weighted by molar-refractivity contribution is -0.127. The highest BCUT2D eigenvalue weighted by Gasteiger charge is 2.15. The Bertz CT molecular complexity index is 166. The molecule has 1 unspecified atom stereocenters. The number of Topliss-reactive ketones (excluding diaryl/α,β-unsaturated/α-hetero) is 1. The van der Waals surface area contributed by atoms with E-state index in [4.69, 9.17) is 0 Å². The highest BCUT2D eigenvalue weighted by molar-refractivity contribution is 5.85. The number of hydrogen-bond acceptors (Lipinski definition) is 2. The Kier molecular flexibility index (Phi) is 5.34. The molecular weight excluding hydrogens is 154 g/mol. The molecule has 0 aliphatic carbocycles. The lowest BCUT2D eigenvalue weighted by atomic mass is 9.98. The molecule has 1 atom stereocenters. The predicted octanol–water partition coefficient (Wildman–Crippen LogP) is 1.13. The first-order valence-electron chi connectivity index (χ1n) is 4.38. The minimum Gasteiger partial charge on any atom is -0.356 e. The molecule has 70 valence electrons. The van der Waals surface area contributed by atoms with Gasteiger partial charge in [0.05, 0.1) is 0 Å². The van der Waals surface area contributed by atoms with Crippen molar-refractivity contribution in [2.75, 3.05) is 6.54 Å². The maximum Gasteiger partial charge on any atom is 0.220 e.